The Hall–Kier alpha value is -1.10. The molecule has 0 aliphatic rings. The molecule has 0 radical (unpaired) electrons. The second kappa shape index (κ2) is 7.22. The van der Waals surface area contributed by atoms with Crippen molar-refractivity contribution in [3.05, 3.63) is 0 Å². The summed E-state index contributed by atoms with van der Waals surface area (Å²) in [6.45, 7) is 4.60. The van der Waals surface area contributed by atoms with Crippen LogP contribution in [-0.2, 0) is 9.59 Å². The topological polar surface area (TPSA) is 75.4 Å². The Kier molecular flexibility index (Phi) is 6.72. The van der Waals surface area contributed by atoms with E-state index in [2.05, 4.69) is 5.32 Å². The van der Waals surface area contributed by atoms with Gasteiger partial charge in [-0.3, -0.25) is 9.59 Å². The molecule has 0 heterocycles. The average molecular weight is 229 g/mol. The van der Waals surface area contributed by atoms with E-state index < -0.39 is 0 Å². The Labute approximate surface area is 97.4 Å². The SMILES string of the molecule is CNC(=O)C(C)CN(C)C(=O)C(C)CCN. The van der Waals surface area contributed by atoms with Crippen LogP contribution in [0.1, 0.15) is 20.3 Å². The van der Waals surface area contributed by atoms with Crippen molar-refractivity contribution >= 4 is 11.8 Å². The Morgan fingerprint density at radius 2 is 1.88 bits per heavy atom. The van der Waals surface area contributed by atoms with E-state index in [9.17, 15) is 9.59 Å². The molecule has 16 heavy (non-hydrogen) atoms. The van der Waals surface area contributed by atoms with Crippen molar-refractivity contribution in [3.8, 4) is 0 Å². The van der Waals surface area contributed by atoms with Gasteiger partial charge in [0.15, 0.2) is 0 Å². The molecule has 3 N–H and O–H groups in total. The van der Waals surface area contributed by atoms with Gasteiger partial charge in [0.2, 0.25) is 11.8 Å². The molecule has 0 saturated carbocycles. The van der Waals surface area contributed by atoms with Gasteiger partial charge in [-0.1, -0.05) is 13.8 Å². The van der Waals surface area contributed by atoms with Crippen molar-refractivity contribution in [1.82, 2.24) is 10.2 Å². The van der Waals surface area contributed by atoms with Crippen LogP contribution in [-0.4, -0.2) is 43.9 Å². The lowest BCUT2D eigenvalue weighted by Gasteiger charge is -2.23. The molecule has 0 fully saturated rings. The molecular formula is C11H23N3O2. The number of hydrogen-bond donors (Lipinski definition) is 2. The zero-order valence-electron chi connectivity index (χ0n) is 10.6. The Balaban J connectivity index is 4.19. The van der Waals surface area contributed by atoms with E-state index in [-0.39, 0.29) is 23.7 Å². The second-order valence-corrected chi connectivity index (χ2v) is 4.21. The van der Waals surface area contributed by atoms with Crippen LogP contribution in [0.25, 0.3) is 0 Å². The standard InChI is InChI=1S/C11H23N3O2/c1-8(5-6-12)11(16)14(4)7-9(2)10(15)13-3/h8-9H,5-7,12H2,1-4H3,(H,13,15). The number of nitrogens with one attached hydrogen (secondary N) is 1. The average Bonchev–Trinajstić information content (AvgIpc) is 2.26. The minimum Gasteiger partial charge on any atom is -0.359 e. The number of carbonyl (C=O) groups excluding carboxylic acids is 2. The number of rotatable bonds is 6. The molecule has 2 unspecified atom stereocenters. The van der Waals surface area contributed by atoms with Gasteiger partial charge < -0.3 is 16.0 Å². The van der Waals surface area contributed by atoms with Crippen LogP contribution >= 0.6 is 0 Å². The molecule has 5 nitrogen and oxygen atoms in total. The summed E-state index contributed by atoms with van der Waals surface area (Å²) in [6, 6.07) is 0. The third kappa shape index (κ3) is 4.61. The van der Waals surface area contributed by atoms with Crippen LogP contribution in [0.3, 0.4) is 0 Å². The molecule has 2 amide bonds. The van der Waals surface area contributed by atoms with Crippen molar-refractivity contribution in [2.24, 2.45) is 17.6 Å². The van der Waals surface area contributed by atoms with E-state index in [4.69, 9.17) is 5.73 Å². The third-order valence-corrected chi connectivity index (χ3v) is 2.64. The van der Waals surface area contributed by atoms with E-state index in [0.717, 1.165) is 0 Å². The number of hydrogen-bond acceptors (Lipinski definition) is 3. The predicted octanol–water partition coefficient (Wildman–Crippen LogP) is -0.188. The molecule has 0 aliphatic heterocycles. The van der Waals surface area contributed by atoms with Crippen LogP contribution in [0, 0.1) is 11.8 Å². The van der Waals surface area contributed by atoms with Crippen molar-refractivity contribution in [3.63, 3.8) is 0 Å². The zero-order valence-corrected chi connectivity index (χ0v) is 10.6. The zero-order chi connectivity index (χ0) is 12.7. The monoisotopic (exact) mass is 229 g/mol. The smallest absolute Gasteiger partial charge is 0.225 e. The Bertz CT molecular complexity index is 243. The Morgan fingerprint density at radius 1 is 1.31 bits per heavy atom. The van der Waals surface area contributed by atoms with Gasteiger partial charge in [0.25, 0.3) is 0 Å². The second-order valence-electron chi connectivity index (χ2n) is 4.21. The summed E-state index contributed by atoms with van der Waals surface area (Å²) in [5.41, 5.74) is 5.40. The quantitative estimate of drug-likeness (QED) is 0.663. The predicted molar refractivity (Wildman–Crippen MR) is 63.7 cm³/mol. The van der Waals surface area contributed by atoms with Crippen molar-refractivity contribution in [2.45, 2.75) is 20.3 Å². The fourth-order valence-electron chi connectivity index (χ4n) is 1.58. The highest BCUT2D eigenvalue weighted by Gasteiger charge is 2.20. The van der Waals surface area contributed by atoms with Crippen LogP contribution in [0.5, 0.6) is 0 Å². The molecule has 0 saturated heterocycles. The largest absolute Gasteiger partial charge is 0.359 e. The summed E-state index contributed by atoms with van der Waals surface area (Å²) in [4.78, 5) is 24.7. The molecule has 94 valence electrons. The summed E-state index contributed by atoms with van der Waals surface area (Å²) in [5, 5.41) is 2.57. The fraction of sp³-hybridized carbons (Fsp3) is 0.818. The van der Waals surface area contributed by atoms with E-state index in [1.165, 1.54) is 0 Å². The number of nitrogens with two attached hydrogens (primary N) is 1. The molecule has 0 bridgehead atoms. The molecule has 0 aromatic heterocycles. The van der Waals surface area contributed by atoms with Crippen molar-refractivity contribution in [2.75, 3.05) is 27.2 Å². The minimum absolute atomic E-state index is 0.0428. The van der Waals surface area contributed by atoms with Gasteiger partial charge in [-0.25, -0.2) is 0 Å². The van der Waals surface area contributed by atoms with Gasteiger partial charge in [-0.05, 0) is 13.0 Å². The highest BCUT2D eigenvalue weighted by Crippen LogP contribution is 2.07. The summed E-state index contributed by atoms with van der Waals surface area (Å²) in [6.07, 6.45) is 0.678. The van der Waals surface area contributed by atoms with E-state index >= 15 is 0 Å². The van der Waals surface area contributed by atoms with Crippen molar-refractivity contribution in [1.29, 1.82) is 0 Å². The van der Waals surface area contributed by atoms with Gasteiger partial charge in [-0.15, -0.1) is 0 Å². The number of amides is 2. The number of nitrogens with zero attached hydrogens (tertiary/aromatic N) is 1. The molecule has 5 heteroatoms. The van der Waals surface area contributed by atoms with E-state index in [1.54, 1.807) is 25.9 Å². The number of carbonyl (C=O) groups is 2. The van der Waals surface area contributed by atoms with E-state index in [0.29, 0.717) is 19.5 Å². The fourth-order valence-corrected chi connectivity index (χ4v) is 1.58. The lowest BCUT2D eigenvalue weighted by molar-refractivity contribution is -0.135. The maximum atomic E-state index is 11.8. The molecular weight excluding hydrogens is 206 g/mol. The summed E-state index contributed by atoms with van der Waals surface area (Å²) >= 11 is 0. The van der Waals surface area contributed by atoms with Gasteiger partial charge in [0.05, 0.1) is 5.92 Å². The molecule has 0 aromatic rings. The molecule has 2 atom stereocenters. The first kappa shape index (κ1) is 14.9. The summed E-state index contributed by atoms with van der Waals surface area (Å²) < 4.78 is 0. The maximum absolute atomic E-state index is 11.8. The third-order valence-electron chi connectivity index (χ3n) is 2.64. The molecule has 0 aromatic carbocycles. The van der Waals surface area contributed by atoms with Crippen molar-refractivity contribution < 1.29 is 9.59 Å². The van der Waals surface area contributed by atoms with E-state index in [1.807, 2.05) is 6.92 Å². The highest BCUT2D eigenvalue weighted by molar-refractivity contribution is 5.81. The highest BCUT2D eigenvalue weighted by atomic mass is 16.2. The normalized spacial score (nSPS) is 14.1. The maximum Gasteiger partial charge on any atom is 0.225 e. The Morgan fingerprint density at radius 3 is 2.31 bits per heavy atom. The van der Waals surface area contributed by atoms with Crippen LogP contribution < -0.4 is 11.1 Å². The molecule has 0 rings (SSSR count). The lowest BCUT2D eigenvalue weighted by Crippen LogP contribution is -2.39. The van der Waals surface area contributed by atoms with Crippen LogP contribution in [0.15, 0.2) is 0 Å². The van der Waals surface area contributed by atoms with Gasteiger partial charge in [0, 0.05) is 26.6 Å². The van der Waals surface area contributed by atoms with Crippen LogP contribution in [0.2, 0.25) is 0 Å². The first-order valence-electron chi connectivity index (χ1n) is 5.60. The summed E-state index contributed by atoms with van der Waals surface area (Å²) in [5.74, 6) is -0.275. The molecule has 0 spiro atoms. The first-order chi connectivity index (χ1) is 7.43. The minimum atomic E-state index is -0.191. The van der Waals surface area contributed by atoms with Gasteiger partial charge >= 0.3 is 0 Å². The lowest BCUT2D eigenvalue weighted by atomic mass is 10.1. The first-order valence-corrected chi connectivity index (χ1v) is 5.60. The summed E-state index contributed by atoms with van der Waals surface area (Å²) in [7, 11) is 3.31. The van der Waals surface area contributed by atoms with Gasteiger partial charge in [0.1, 0.15) is 0 Å². The van der Waals surface area contributed by atoms with Crippen LogP contribution in [0.4, 0.5) is 0 Å². The molecule has 0 aliphatic carbocycles. The van der Waals surface area contributed by atoms with Gasteiger partial charge in [-0.2, -0.15) is 0 Å².